The number of fused-ring (bicyclic) bond motifs is 1. The van der Waals surface area contributed by atoms with Crippen LogP contribution in [-0.4, -0.2) is 47.1 Å². The molecule has 3 aromatic rings. The van der Waals surface area contributed by atoms with Gasteiger partial charge in [-0.15, -0.1) is 0 Å². The monoisotopic (exact) mass is 373 g/mol. The van der Waals surface area contributed by atoms with Gasteiger partial charge in [0.2, 0.25) is 0 Å². The molecule has 26 heavy (non-hydrogen) atoms. The molecule has 0 saturated carbocycles. The molecule has 0 spiro atoms. The van der Waals surface area contributed by atoms with Gasteiger partial charge >= 0.3 is 0 Å². The molecule has 1 saturated heterocycles. The van der Waals surface area contributed by atoms with Gasteiger partial charge in [0.1, 0.15) is 5.58 Å². The molecule has 136 valence electrons. The molecule has 2 aromatic heterocycles. The summed E-state index contributed by atoms with van der Waals surface area (Å²) in [7, 11) is -3.21. The Morgan fingerprint density at radius 1 is 1.35 bits per heavy atom. The van der Waals surface area contributed by atoms with Crippen molar-refractivity contribution in [2.24, 2.45) is 0 Å². The summed E-state index contributed by atoms with van der Waals surface area (Å²) >= 11 is 0. The third-order valence-corrected chi connectivity index (χ3v) is 6.32. The summed E-state index contributed by atoms with van der Waals surface area (Å²) in [4.78, 5) is 14.6. The Morgan fingerprint density at radius 3 is 2.88 bits per heavy atom. The van der Waals surface area contributed by atoms with Gasteiger partial charge in [-0.05, 0) is 19.1 Å². The number of rotatable bonds is 3. The van der Waals surface area contributed by atoms with Crippen molar-refractivity contribution in [2.45, 2.75) is 19.5 Å². The normalized spacial score (nSPS) is 19.7. The van der Waals surface area contributed by atoms with Gasteiger partial charge < -0.3 is 9.32 Å². The van der Waals surface area contributed by atoms with Crippen LogP contribution in [0.2, 0.25) is 0 Å². The minimum atomic E-state index is -3.21. The van der Waals surface area contributed by atoms with Gasteiger partial charge in [-0.2, -0.15) is 5.10 Å². The second-order valence-corrected chi connectivity index (χ2v) is 8.64. The van der Waals surface area contributed by atoms with Crippen molar-refractivity contribution in [1.29, 1.82) is 0 Å². The predicted octanol–water partition coefficient (Wildman–Crippen LogP) is 2.26. The number of hydrogen-bond donors (Lipinski definition) is 0. The third-order valence-electron chi connectivity index (χ3n) is 4.69. The minimum Gasteiger partial charge on any atom is -0.451 e. The fourth-order valence-electron chi connectivity index (χ4n) is 3.28. The van der Waals surface area contributed by atoms with Crippen LogP contribution in [0.4, 0.5) is 0 Å². The van der Waals surface area contributed by atoms with E-state index in [0.717, 1.165) is 10.9 Å². The summed E-state index contributed by atoms with van der Waals surface area (Å²) in [6.45, 7) is 2.77. The van der Waals surface area contributed by atoms with Crippen molar-refractivity contribution >= 4 is 26.7 Å². The zero-order chi connectivity index (χ0) is 18.3. The van der Waals surface area contributed by atoms with Gasteiger partial charge in [-0.1, -0.05) is 18.2 Å². The van der Waals surface area contributed by atoms with Crippen molar-refractivity contribution in [3.05, 3.63) is 54.0 Å². The average Bonchev–Trinajstić information content (AvgIpc) is 3.27. The Kier molecular flexibility index (Phi) is 4.07. The van der Waals surface area contributed by atoms with E-state index in [-0.39, 0.29) is 29.7 Å². The lowest BCUT2D eigenvalue weighted by atomic mass is 10.1. The highest BCUT2D eigenvalue weighted by Gasteiger charge is 2.37. The van der Waals surface area contributed by atoms with Gasteiger partial charge in [0.15, 0.2) is 15.6 Å². The van der Waals surface area contributed by atoms with E-state index in [1.54, 1.807) is 34.1 Å². The molecular weight excluding hydrogens is 354 g/mol. The predicted molar refractivity (Wildman–Crippen MR) is 96.5 cm³/mol. The smallest absolute Gasteiger partial charge is 0.290 e. The summed E-state index contributed by atoms with van der Waals surface area (Å²) in [5.74, 6) is -0.227. The largest absolute Gasteiger partial charge is 0.451 e. The highest BCUT2D eigenvalue weighted by Crippen LogP contribution is 2.29. The van der Waals surface area contributed by atoms with Crippen LogP contribution in [-0.2, 0) is 16.4 Å². The number of carbonyl (C=O) groups is 1. The van der Waals surface area contributed by atoms with E-state index in [2.05, 4.69) is 5.10 Å². The number of sulfone groups is 1. The Labute approximate surface area is 151 Å². The zero-order valence-electron chi connectivity index (χ0n) is 14.3. The van der Waals surface area contributed by atoms with Crippen molar-refractivity contribution in [1.82, 2.24) is 14.7 Å². The number of aryl methyl sites for hydroxylation is 1. The molecule has 1 aliphatic heterocycles. The van der Waals surface area contributed by atoms with Gasteiger partial charge in [0, 0.05) is 30.2 Å². The maximum Gasteiger partial charge on any atom is 0.290 e. The number of benzene rings is 1. The van der Waals surface area contributed by atoms with Crippen LogP contribution in [0, 0.1) is 0 Å². The lowest BCUT2D eigenvalue weighted by Crippen LogP contribution is -2.46. The van der Waals surface area contributed by atoms with Crippen LogP contribution in [0.25, 0.3) is 11.0 Å². The van der Waals surface area contributed by atoms with E-state index in [1.807, 2.05) is 25.1 Å². The Hall–Kier alpha value is -2.61. The Morgan fingerprint density at radius 2 is 2.15 bits per heavy atom. The fraction of sp³-hybridized carbons (Fsp3) is 0.333. The van der Waals surface area contributed by atoms with Gasteiger partial charge in [-0.3, -0.25) is 9.48 Å². The first-order valence-corrected chi connectivity index (χ1v) is 10.3. The van der Waals surface area contributed by atoms with Crippen molar-refractivity contribution in [3.63, 3.8) is 0 Å². The van der Waals surface area contributed by atoms with E-state index in [9.17, 15) is 13.2 Å². The van der Waals surface area contributed by atoms with Crippen molar-refractivity contribution < 1.29 is 17.6 Å². The van der Waals surface area contributed by atoms with Crippen molar-refractivity contribution in [2.75, 3.05) is 18.1 Å². The van der Waals surface area contributed by atoms with Crippen LogP contribution in [0.3, 0.4) is 0 Å². The fourth-order valence-corrected chi connectivity index (χ4v) is 4.77. The molecule has 4 rings (SSSR count). The molecule has 3 heterocycles. The van der Waals surface area contributed by atoms with E-state index in [0.29, 0.717) is 12.1 Å². The number of carbonyl (C=O) groups excluding carboxylic acids is 1. The van der Waals surface area contributed by atoms with E-state index in [4.69, 9.17) is 4.42 Å². The molecule has 1 aromatic carbocycles. The lowest BCUT2D eigenvalue weighted by molar-refractivity contribution is 0.0667. The lowest BCUT2D eigenvalue weighted by Gasteiger charge is -2.34. The number of amides is 1. The molecule has 1 atom stereocenters. The highest BCUT2D eigenvalue weighted by atomic mass is 32.2. The molecule has 7 nitrogen and oxygen atoms in total. The zero-order valence-corrected chi connectivity index (χ0v) is 15.1. The molecule has 0 bridgehead atoms. The van der Waals surface area contributed by atoms with Crippen LogP contribution in [0.5, 0.6) is 0 Å². The van der Waals surface area contributed by atoms with Gasteiger partial charge in [0.05, 0.1) is 23.7 Å². The molecular formula is C18H19N3O4S. The van der Waals surface area contributed by atoms with Gasteiger partial charge in [0.25, 0.3) is 5.91 Å². The summed E-state index contributed by atoms with van der Waals surface area (Å²) in [6.07, 6.45) is 3.43. The van der Waals surface area contributed by atoms with Crippen LogP contribution >= 0.6 is 0 Å². The molecule has 1 amide bonds. The number of para-hydroxylation sites is 1. The molecule has 0 unspecified atom stereocenters. The highest BCUT2D eigenvalue weighted by molar-refractivity contribution is 7.91. The van der Waals surface area contributed by atoms with Crippen molar-refractivity contribution in [3.8, 4) is 0 Å². The van der Waals surface area contributed by atoms with Crippen LogP contribution < -0.4 is 0 Å². The number of furan rings is 1. The molecule has 0 radical (unpaired) electrons. The number of nitrogens with zero attached hydrogens (tertiary/aromatic N) is 3. The first-order valence-electron chi connectivity index (χ1n) is 8.49. The molecule has 1 aliphatic rings. The van der Waals surface area contributed by atoms with Gasteiger partial charge in [-0.25, -0.2) is 8.42 Å². The Balaban J connectivity index is 1.70. The van der Waals surface area contributed by atoms with Crippen LogP contribution in [0.15, 0.2) is 47.1 Å². The molecule has 0 N–H and O–H groups in total. The molecule has 1 fully saturated rings. The SMILES string of the molecule is CCn1cc([C@@H]2CS(=O)(=O)CCN2C(=O)c2cc3ccccc3o2)cn1. The summed E-state index contributed by atoms with van der Waals surface area (Å²) < 4.78 is 31.7. The minimum absolute atomic E-state index is 0.0443. The summed E-state index contributed by atoms with van der Waals surface area (Å²) in [5.41, 5.74) is 1.36. The maximum atomic E-state index is 13.1. The first kappa shape index (κ1) is 16.8. The third kappa shape index (κ3) is 3.01. The molecule has 8 heteroatoms. The Bertz CT molecular complexity index is 1030. The second-order valence-electron chi connectivity index (χ2n) is 6.41. The van der Waals surface area contributed by atoms with E-state index < -0.39 is 15.9 Å². The summed E-state index contributed by atoms with van der Waals surface area (Å²) in [6, 6.07) is 8.54. The first-order chi connectivity index (χ1) is 12.5. The van der Waals surface area contributed by atoms with Crippen LogP contribution in [0.1, 0.15) is 29.1 Å². The standard InChI is InChI=1S/C18H19N3O4S/c1-2-20-11-14(10-19-20)15-12-26(23,24)8-7-21(15)18(22)17-9-13-5-3-4-6-16(13)25-17/h3-6,9-11,15H,2,7-8,12H2,1H3/t15-/m0/s1. The average molecular weight is 373 g/mol. The van der Waals surface area contributed by atoms with E-state index in [1.165, 1.54) is 0 Å². The number of hydrogen-bond acceptors (Lipinski definition) is 5. The molecule has 0 aliphatic carbocycles. The summed E-state index contributed by atoms with van der Waals surface area (Å²) in [5, 5.41) is 5.06. The second kappa shape index (κ2) is 6.28. The topological polar surface area (TPSA) is 85.4 Å². The number of aromatic nitrogens is 2. The van der Waals surface area contributed by atoms with E-state index >= 15 is 0 Å². The maximum absolute atomic E-state index is 13.1. The quantitative estimate of drug-likeness (QED) is 0.703.